The minimum absolute atomic E-state index is 0.675. The molecule has 1 N–H and O–H groups in total. The highest BCUT2D eigenvalue weighted by Crippen LogP contribution is 2.26. The number of imidazole rings is 1. The second kappa shape index (κ2) is 8.93. The summed E-state index contributed by atoms with van der Waals surface area (Å²) in [4.78, 5) is 4.73. The Morgan fingerprint density at radius 1 is 0.897 bits per heavy atom. The molecule has 1 aromatic heterocycles. The van der Waals surface area contributed by atoms with Gasteiger partial charge in [0.1, 0.15) is 17.7 Å². The normalized spacial score (nSPS) is 12.2. The maximum Gasteiger partial charge on any atom is 0.143 e. The van der Waals surface area contributed by atoms with Gasteiger partial charge in [-0.15, -0.1) is 0 Å². The van der Waals surface area contributed by atoms with Crippen molar-refractivity contribution < 1.29 is 9.84 Å². The molecule has 4 nitrogen and oxygen atoms in total. The third-order valence-corrected chi connectivity index (χ3v) is 5.17. The van der Waals surface area contributed by atoms with Crippen molar-refractivity contribution in [3.8, 4) is 5.75 Å². The Morgan fingerprint density at radius 2 is 1.62 bits per heavy atom. The third kappa shape index (κ3) is 4.33. The first-order valence-corrected chi connectivity index (χ1v) is 10.1. The molecule has 4 rings (SSSR count). The number of fused-ring (bicyclic) bond motifs is 1. The molecule has 0 radical (unpaired) electrons. The molecular formula is C25H26N2O2. The van der Waals surface area contributed by atoms with Crippen LogP contribution in [0.5, 0.6) is 5.75 Å². The van der Waals surface area contributed by atoms with Gasteiger partial charge < -0.3 is 14.4 Å². The van der Waals surface area contributed by atoms with Gasteiger partial charge in [0.2, 0.25) is 0 Å². The van der Waals surface area contributed by atoms with E-state index in [9.17, 15) is 5.11 Å². The molecule has 1 heterocycles. The van der Waals surface area contributed by atoms with E-state index < -0.39 is 6.10 Å². The number of aromatic nitrogens is 2. The smallest absolute Gasteiger partial charge is 0.143 e. The molecule has 148 valence electrons. The first-order valence-electron chi connectivity index (χ1n) is 10.1. The van der Waals surface area contributed by atoms with Crippen LogP contribution in [-0.4, -0.2) is 21.3 Å². The van der Waals surface area contributed by atoms with E-state index in [4.69, 9.17) is 9.72 Å². The van der Waals surface area contributed by atoms with E-state index in [0.717, 1.165) is 47.3 Å². The lowest BCUT2D eigenvalue weighted by Gasteiger charge is -2.15. The van der Waals surface area contributed by atoms with E-state index >= 15 is 0 Å². The topological polar surface area (TPSA) is 47.3 Å². The van der Waals surface area contributed by atoms with Crippen LogP contribution in [0.2, 0.25) is 0 Å². The molecule has 0 fully saturated rings. The highest BCUT2D eigenvalue weighted by atomic mass is 16.5. The molecule has 0 amide bonds. The molecule has 0 saturated carbocycles. The Kier molecular flexibility index (Phi) is 5.92. The fourth-order valence-electron chi connectivity index (χ4n) is 3.59. The number of nitrogens with zero attached hydrogens (tertiary/aromatic N) is 2. The van der Waals surface area contributed by atoms with E-state index in [1.165, 1.54) is 0 Å². The Morgan fingerprint density at radius 3 is 2.45 bits per heavy atom. The number of unbranched alkanes of at least 4 members (excludes halogenated alkanes) is 1. The second-order valence-corrected chi connectivity index (χ2v) is 7.24. The van der Waals surface area contributed by atoms with Crippen molar-refractivity contribution in [2.45, 2.75) is 32.4 Å². The summed E-state index contributed by atoms with van der Waals surface area (Å²) in [7, 11) is 0. The Bertz CT molecular complexity index is 1070. The lowest BCUT2D eigenvalue weighted by molar-refractivity contribution is 0.204. The molecule has 0 spiro atoms. The summed E-state index contributed by atoms with van der Waals surface area (Å²) in [5, 5.41) is 10.9. The van der Waals surface area contributed by atoms with Gasteiger partial charge in [-0.25, -0.2) is 4.98 Å². The van der Waals surface area contributed by atoms with E-state index in [-0.39, 0.29) is 0 Å². The minimum atomic E-state index is -0.744. The number of benzene rings is 3. The second-order valence-electron chi connectivity index (χ2n) is 7.24. The van der Waals surface area contributed by atoms with Crippen LogP contribution in [0.4, 0.5) is 0 Å². The number of aryl methyl sites for hydroxylation is 2. The molecule has 0 aliphatic rings. The highest BCUT2D eigenvalue weighted by molar-refractivity contribution is 5.76. The number of hydrogen-bond donors (Lipinski definition) is 1. The Balaban J connectivity index is 1.47. The predicted octanol–water partition coefficient (Wildman–Crippen LogP) is 5.29. The van der Waals surface area contributed by atoms with Crippen LogP contribution < -0.4 is 4.74 Å². The van der Waals surface area contributed by atoms with Crippen LogP contribution in [0.25, 0.3) is 11.0 Å². The van der Waals surface area contributed by atoms with Crippen molar-refractivity contribution in [3.05, 3.63) is 95.8 Å². The summed E-state index contributed by atoms with van der Waals surface area (Å²) >= 11 is 0. The lowest BCUT2D eigenvalue weighted by atomic mass is 10.1. The van der Waals surface area contributed by atoms with E-state index in [2.05, 4.69) is 23.6 Å². The molecule has 4 aromatic rings. The van der Waals surface area contributed by atoms with Gasteiger partial charge in [0.05, 0.1) is 17.6 Å². The van der Waals surface area contributed by atoms with Crippen LogP contribution in [-0.2, 0) is 6.54 Å². The van der Waals surface area contributed by atoms with Crippen molar-refractivity contribution in [2.75, 3.05) is 6.61 Å². The molecule has 0 aliphatic heterocycles. The molecule has 0 bridgehead atoms. The zero-order valence-electron chi connectivity index (χ0n) is 16.7. The molecule has 29 heavy (non-hydrogen) atoms. The van der Waals surface area contributed by atoms with Gasteiger partial charge in [-0.1, -0.05) is 60.7 Å². The van der Waals surface area contributed by atoms with Gasteiger partial charge in [-0.3, -0.25) is 0 Å². The standard InChI is InChI=1S/C25H26N2O2/c1-19-11-5-8-16-23(19)29-18-10-9-17-27-22-15-7-6-14-21(22)26-25(27)24(28)20-12-3-2-4-13-20/h2-8,11-16,24,28H,9-10,17-18H2,1H3. The average Bonchev–Trinajstić information content (AvgIpc) is 3.13. The maximum absolute atomic E-state index is 10.9. The average molecular weight is 386 g/mol. The zero-order chi connectivity index (χ0) is 20.1. The fraction of sp³-hybridized carbons (Fsp3) is 0.240. The number of ether oxygens (including phenoxy) is 1. The quantitative estimate of drug-likeness (QED) is 0.419. The Labute approximate surface area is 171 Å². The van der Waals surface area contributed by atoms with Gasteiger partial charge in [0.15, 0.2) is 0 Å². The molecule has 3 aromatic carbocycles. The molecule has 0 saturated heterocycles. The van der Waals surface area contributed by atoms with Crippen LogP contribution in [0, 0.1) is 6.92 Å². The van der Waals surface area contributed by atoms with Crippen molar-refractivity contribution >= 4 is 11.0 Å². The van der Waals surface area contributed by atoms with Crippen molar-refractivity contribution in [3.63, 3.8) is 0 Å². The highest BCUT2D eigenvalue weighted by Gasteiger charge is 2.19. The minimum Gasteiger partial charge on any atom is -0.493 e. The number of aliphatic hydroxyl groups excluding tert-OH is 1. The first kappa shape index (κ1) is 19.2. The summed E-state index contributed by atoms with van der Waals surface area (Å²) in [6.45, 7) is 3.52. The predicted molar refractivity (Wildman–Crippen MR) is 116 cm³/mol. The number of para-hydroxylation sites is 3. The van der Waals surface area contributed by atoms with Gasteiger partial charge in [-0.05, 0) is 49.1 Å². The maximum atomic E-state index is 10.9. The lowest BCUT2D eigenvalue weighted by Crippen LogP contribution is -2.11. The van der Waals surface area contributed by atoms with Crippen LogP contribution >= 0.6 is 0 Å². The van der Waals surface area contributed by atoms with Gasteiger partial charge in [-0.2, -0.15) is 0 Å². The summed E-state index contributed by atoms with van der Waals surface area (Å²) in [6, 6.07) is 25.8. The van der Waals surface area contributed by atoms with Gasteiger partial charge >= 0.3 is 0 Å². The van der Waals surface area contributed by atoms with Crippen molar-refractivity contribution in [2.24, 2.45) is 0 Å². The monoisotopic (exact) mass is 386 g/mol. The van der Waals surface area contributed by atoms with E-state index in [0.29, 0.717) is 12.4 Å². The number of rotatable bonds is 8. The third-order valence-electron chi connectivity index (χ3n) is 5.17. The van der Waals surface area contributed by atoms with Crippen LogP contribution in [0.1, 0.15) is 35.9 Å². The fourth-order valence-corrected chi connectivity index (χ4v) is 3.59. The summed E-state index contributed by atoms with van der Waals surface area (Å²) in [5.41, 5.74) is 3.97. The summed E-state index contributed by atoms with van der Waals surface area (Å²) in [5.74, 6) is 1.64. The summed E-state index contributed by atoms with van der Waals surface area (Å²) in [6.07, 6.45) is 1.13. The largest absolute Gasteiger partial charge is 0.493 e. The summed E-state index contributed by atoms with van der Waals surface area (Å²) < 4.78 is 8.06. The molecular weight excluding hydrogens is 360 g/mol. The zero-order valence-corrected chi connectivity index (χ0v) is 16.7. The molecule has 1 atom stereocenters. The van der Waals surface area contributed by atoms with Gasteiger partial charge in [0, 0.05) is 6.54 Å². The first-order chi connectivity index (χ1) is 14.2. The van der Waals surface area contributed by atoms with Crippen LogP contribution in [0.15, 0.2) is 78.9 Å². The molecule has 0 aliphatic carbocycles. The Hall–Kier alpha value is -3.11. The number of aliphatic hydroxyl groups is 1. The molecule has 4 heteroatoms. The van der Waals surface area contributed by atoms with E-state index in [1.807, 2.05) is 66.7 Å². The van der Waals surface area contributed by atoms with E-state index in [1.54, 1.807) is 0 Å². The molecule has 1 unspecified atom stereocenters. The van der Waals surface area contributed by atoms with Crippen molar-refractivity contribution in [1.82, 2.24) is 9.55 Å². The SMILES string of the molecule is Cc1ccccc1OCCCCn1c(C(O)c2ccccc2)nc2ccccc21. The number of hydrogen-bond acceptors (Lipinski definition) is 3. The van der Waals surface area contributed by atoms with Gasteiger partial charge in [0.25, 0.3) is 0 Å². The van der Waals surface area contributed by atoms with Crippen LogP contribution in [0.3, 0.4) is 0 Å². The van der Waals surface area contributed by atoms with Crippen molar-refractivity contribution in [1.29, 1.82) is 0 Å².